The molecule has 0 N–H and O–H groups in total. The Hall–Kier alpha value is -2.62. The number of benzene rings is 2. The molecule has 0 amide bonds. The summed E-state index contributed by atoms with van der Waals surface area (Å²) in [5, 5.41) is 0. The Morgan fingerprint density at radius 2 is 1.20 bits per heavy atom. The average molecular weight is 481 g/mol. The number of esters is 2. The van der Waals surface area contributed by atoms with Crippen LogP contribution < -0.4 is 4.74 Å². The van der Waals surface area contributed by atoms with Crippen LogP contribution in [-0.4, -0.2) is 18.0 Å². The highest BCUT2D eigenvalue weighted by molar-refractivity contribution is 5.90. The van der Waals surface area contributed by atoms with Crippen molar-refractivity contribution >= 4 is 11.9 Å². The largest absolute Gasteiger partial charge is 0.459 e. The molecule has 0 aliphatic rings. The van der Waals surface area contributed by atoms with Gasteiger partial charge in [-0.25, -0.2) is 4.79 Å². The molecule has 0 aliphatic carbocycles. The molecule has 2 aromatic carbocycles. The summed E-state index contributed by atoms with van der Waals surface area (Å²) in [5.74, 6) is 0.117. The molecule has 0 saturated carbocycles. The van der Waals surface area contributed by atoms with Crippen LogP contribution in [0.3, 0.4) is 0 Å². The summed E-state index contributed by atoms with van der Waals surface area (Å²) in [6, 6.07) is 15.0. The third kappa shape index (κ3) is 11.6. The van der Waals surface area contributed by atoms with E-state index in [4.69, 9.17) is 9.47 Å². The van der Waals surface area contributed by atoms with Crippen molar-refractivity contribution < 1.29 is 19.1 Å². The summed E-state index contributed by atoms with van der Waals surface area (Å²) in [6.45, 7) is 6.37. The summed E-state index contributed by atoms with van der Waals surface area (Å²) < 4.78 is 11.1. The number of hydrogen-bond donors (Lipinski definition) is 0. The Morgan fingerprint density at radius 1 is 0.686 bits per heavy atom. The Morgan fingerprint density at radius 3 is 1.80 bits per heavy atom. The van der Waals surface area contributed by atoms with E-state index in [0.717, 1.165) is 36.8 Å². The number of unbranched alkanes of at least 4 members (excludes halogenated alkanes) is 9. The minimum atomic E-state index is -0.275. The third-order valence-corrected chi connectivity index (χ3v) is 6.30. The Kier molecular flexibility index (Phi) is 13.8. The molecule has 4 nitrogen and oxygen atoms in total. The van der Waals surface area contributed by atoms with Crippen molar-refractivity contribution in [3.05, 3.63) is 54.1 Å². The molecule has 0 fully saturated rings. The van der Waals surface area contributed by atoms with E-state index in [9.17, 15) is 9.59 Å². The van der Waals surface area contributed by atoms with Gasteiger partial charge >= 0.3 is 11.9 Å². The zero-order valence-corrected chi connectivity index (χ0v) is 22.0. The first-order valence-corrected chi connectivity index (χ1v) is 13.7. The highest BCUT2D eigenvalue weighted by atomic mass is 16.5. The molecule has 0 heterocycles. The average Bonchev–Trinajstić information content (AvgIpc) is 2.86. The fourth-order valence-corrected chi connectivity index (χ4v) is 4.09. The van der Waals surface area contributed by atoms with E-state index in [1.54, 1.807) is 12.1 Å². The summed E-state index contributed by atoms with van der Waals surface area (Å²) >= 11 is 0. The van der Waals surface area contributed by atoms with Crippen LogP contribution in [0.4, 0.5) is 0 Å². The Bertz CT molecular complexity index is 855. The molecular weight excluding hydrogens is 436 g/mol. The normalized spacial score (nSPS) is 11.7. The first-order valence-electron chi connectivity index (χ1n) is 13.7. The van der Waals surface area contributed by atoms with E-state index >= 15 is 0 Å². The quantitative estimate of drug-likeness (QED) is 0.129. The maximum absolute atomic E-state index is 12.4. The van der Waals surface area contributed by atoms with Gasteiger partial charge in [-0.3, -0.25) is 4.79 Å². The van der Waals surface area contributed by atoms with E-state index in [1.807, 2.05) is 43.3 Å². The zero-order valence-electron chi connectivity index (χ0n) is 22.0. The summed E-state index contributed by atoms with van der Waals surface area (Å²) in [4.78, 5) is 24.5. The van der Waals surface area contributed by atoms with Crippen LogP contribution >= 0.6 is 0 Å². The van der Waals surface area contributed by atoms with E-state index < -0.39 is 0 Å². The SMILES string of the molecule is CCCCCCCCCC(=O)Oc1ccc(-c2ccc(C(=O)OC(C)CCCCCC)cc2)cc1. The maximum Gasteiger partial charge on any atom is 0.338 e. The lowest BCUT2D eigenvalue weighted by molar-refractivity contribution is -0.134. The molecular formula is C31H44O4. The molecule has 1 atom stereocenters. The second-order valence-corrected chi connectivity index (χ2v) is 9.51. The van der Waals surface area contributed by atoms with Crippen molar-refractivity contribution in [3.8, 4) is 16.9 Å². The van der Waals surface area contributed by atoms with E-state index in [1.165, 1.54) is 51.4 Å². The lowest BCUT2D eigenvalue weighted by Crippen LogP contribution is -2.15. The van der Waals surface area contributed by atoms with Gasteiger partial charge in [0.05, 0.1) is 11.7 Å². The van der Waals surface area contributed by atoms with Crippen molar-refractivity contribution in [1.29, 1.82) is 0 Å². The fraction of sp³-hybridized carbons (Fsp3) is 0.548. The second-order valence-electron chi connectivity index (χ2n) is 9.51. The van der Waals surface area contributed by atoms with Crippen molar-refractivity contribution in [3.63, 3.8) is 0 Å². The molecule has 0 spiro atoms. The monoisotopic (exact) mass is 480 g/mol. The van der Waals surface area contributed by atoms with E-state index in [2.05, 4.69) is 13.8 Å². The van der Waals surface area contributed by atoms with Gasteiger partial charge in [0, 0.05) is 6.42 Å². The van der Waals surface area contributed by atoms with Gasteiger partial charge in [0.25, 0.3) is 0 Å². The smallest absolute Gasteiger partial charge is 0.338 e. The van der Waals surface area contributed by atoms with Gasteiger partial charge in [0.1, 0.15) is 5.75 Å². The van der Waals surface area contributed by atoms with Gasteiger partial charge in [0.2, 0.25) is 0 Å². The first kappa shape index (κ1) is 28.6. The minimum absolute atomic E-state index is 0.0694. The van der Waals surface area contributed by atoms with Gasteiger partial charge in [-0.05, 0) is 61.6 Å². The highest BCUT2D eigenvalue weighted by Crippen LogP contribution is 2.24. The van der Waals surface area contributed by atoms with Gasteiger partial charge in [0.15, 0.2) is 0 Å². The van der Waals surface area contributed by atoms with Crippen LogP contribution in [0.5, 0.6) is 5.75 Å². The highest BCUT2D eigenvalue weighted by Gasteiger charge is 2.12. The molecule has 35 heavy (non-hydrogen) atoms. The van der Waals surface area contributed by atoms with Crippen molar-refractivity contribution in [2.24, 2.45) is 0 Å². The molecule has 2 rings (SSSR count). The molecule has 0 radical (unpaired) electrons. The lowest BCUT2D eigenvalue weighted by atomic mass is 10.0. The predicted octanol–water partition coefficient (Wildman–Crippen LogP) is 8.92. The van der Waals surface area contributed by atoms with Crippen LogP contribution in [0.1, 0.15) is 115 Å². The molecule has 0 aromatic heterocycles. The first-order chi connectivity index (χ1) is 17.0. The van der Waals surface area contributed by atoms with Gasteiger partial charge in [-0.2, -0.15) is 0 Å². The minimum Gasteiger partial charge on any atom is -0.459 e. The number of hydrogen-bond acceptors (Lipinski definition) is 4. The molecule has 0 saturated heterocycles. The van der Waals surface area contributed by atoms with Crippen molar-refractivity contribution in [1.82, 2.24) is 0 Å². The Labute approximate surface area is 212 Å². The molecule has 0 bridgehead atoms. The summed E-state index contributed by atoms with van der Waals surface area (Å²) in [7, 11) is 0. The van der Waals surface area contributed by atoms with Crippen molar-refractivity contribution in [2.75, 3.05) is 0 Å². The summed E-state index contributed by atoms with van der Waals surface area (Å²) in [6.07, 6.45) is 14.3. The van der Waals surface area contributed by atoms with Crippen LogP contribution in [0.25, 0.3) is 11.1 Å². The third-order valence-electron chi connectivity index (χ3n) is 6.30. The van der Waals surface area contributed by atoms with Crippen LogP contribution in [0.2, 0.25) is 0 Å². The fourth-order valence-electron chi connectivity index (χ4n) is 4.09. The molecule has 2 aromatic rings. The second kappa shape index (κ2) is 16.9. The topological polar surface area (TPSA) is 52.6 Å². The van der Waals surface area contributed by atoms with Crippen LogP contribution in [0.15, 0.2) is 48.5 Å². The standard InChI is InChI=1S/C31H44O4/c1-4-6-8-10-11-12-14-16-30(32)35-29-23-21-27(22-24-29)26-17-19-28(20-18-26)31(33)34-25(3)15-13-9-7-5-2/h17-25H,4-16H2,1-3H3. The number of rotatable bonds is 17. The molecule has 0 aliphatic heterocycles. The van der Waals surface area contributed by atoms with E-state index in [-0.39, 0.29) is 18.0 Å². The van der Waals surface area contributed by atoms with Crippen LogP contribution in [0, 0.1) is 0 Å². The van der Waals surface area contributed by atoms with Crippen LogP contribution in [-0.2, 0) is 9.53 Å². The lowest BCUT2D eigenvalue weighted by Gasteiger charge is -2.13. The molecule has 192 valence electrons. The number of carbonyl (C=O) groups excluding carboxylic acids is 2. The number of ether oxygens (including phenoxy) is 2. The van der Waals surface area contributed by atoms with Gasteiger partial charge < -0.3 is 9.47 Å². The van der Waals surface area contributed by atoms with Gasteiger partial charge in [-0.15, -0.1) is 0 Å². The van der Waals surface area contributed by atoms with E-state index in [0.29, 0.717) is 17.7 Å². The maximum atomic E-state index is 12.4. The molecule has 1 unspecified atom stereocenters. The predicted molar refractivity (Wildman–Crippen MR) is 144 cm³/mol. The van der Waals surface area contributed by atoms with Gasteiger partial charge in [-0.1, -0.05) is 95.9 Å². The number of carbonyl (C=O) groups is 2. The summed E-state index contributed by atoms with van der Waals surface area (Å²) in [5.41, 5.74) is 2.56. The Balaban J connectivity index is 1.76. The van der Waals surface area contributed by atoms with Crippen molar-refractivity contribution in [2.45, 2.75) is 110 Å². The zero-order chi connectivity index (χ0) is 25.3. The molecule has 4 heteroatoms.